The fourth-order valence-electron chi connectivity index (χ4n) is 3.11. The summed E-state index contributed by atoms with van der Waals surface area (Å²) in [5.41, 5.74) is 1.60. The van der Waals surface area contributed by atoms with Crippen molar-refractivity contribution in [2.75, 3.05) is 7.11 Å². The van der Waals surface area contributed by atoms with E-state index in [9.17, 15) is 14.0 Å². The van der Waals surface area contributed by atoms with Crippen LogP contribution in [0.5, 0.6) is 5.75 Å². The summed E-state index contributed by atoms with van der Waals surface area (Å²) in [4.78, 5) is 27.5. The summed E-state index contributed by atoms with van der Waals surface area (Å²) in [7, 11) is 1.59. The third-order valence-corrected chi connectivity index (χ3v) is 4.60. The molecule has 1 atom stereocenters. The van der Waals surface area contributed by atoms with Crippen molar-refractivity contribution in [3.05, 3.63) is 65.5 Å². The van der Waals surface area contributed by atoms with Gasteiger partial charge in [0.1, 0.15) is 17.6 Å². The van der Waals surface area contributed by atoms with Crippen LogP contribution in [-0.4, -0.2) is 35.9 Å². The largest absolute Gasteiger partial charge is 0.497 e. The number of rotatable bonds is 9. The lowest BCUT2D eigenvalue weighted by Gasteiger charge is -2.31. The summed E-state index contributed by atoms with van der Waals surface area (Å²) >= 11 is 0. The van der Waals surface area contributed by atoms with E-state index < -0.39 is 6.04 Å². The van der Waals surface area contributed by atoms with E-state index in [-0.39, 0.29) is 30.1 Å². The average molecular weight is 400 g/mol. The Morgan fingerprint density at radius 2 is 1.62 bits per heavy atom. The van der Waals surface area contributed by atoms with Crippen LogP contribution in [-0.2, 0) is 22.6 Å². The number of benzene rings is 2. The van der Waals surface area contributed by atoms with Gasteiger partial charge in [0.05, 0.1) is 13.5 Å². The minimum atomic E-state index is -0.590. The van der Waals surface area contributed by atoms with Crippen LogP contribution in [0.1, 0.15) is 38.3 Å². The molecule has 0 spiro atoms. The number of carbonyl (C=O) groups excluding carboxylic acids is 2. The molecule has 5 nitrogen and oxygen atoms in total. The van der Waals surface area contributed by atoms with Crippen molar-refractivity contribution in [1.29, 1.82) is 0 Å². The second-order valence-electron chi connectivity index (χ2n) is 7.26. The maximum absolute atomic E-state index is 13.2. The van der Waals surface area contributed by atoms with Crippen molar-refractivity contribution in [2.45, 2.75) is 52.2 Å². The van der Waals surface area contributed by atoms with Crippen LogP contribution in [0.3, 0.4) is 0 Å². The van der Waals surface area contributed by atoms with Gasteiger partial charge in [-0.3, -0.25) is 9.59 Å². The molecule has 0 aliphatic rings. The Morgan fingerprint density at radius 3 is 2.14 bits per heavy atom. The molecule has 156 valence electrons. The van der Waals surface area contributed by atoms with Gasteiger partial charge >= 0.3 is 0 Å². The van der Waals surface area contributed by atoms with Gasteiger partial charge in [0.15, 0.2) is 0 Å². The Labute approximate surface area is 171 Å². The highest BCUT2D eigenvalue weighted by Crippen LogP contribution is 2.17. The molecule has 2 aromatic rings. The smallest absolute Gasteiger partial charge is 0.243 e. The van der Waals surface area contributed by atoms with E-state index in [1.54, 1.807) is 24.1 Å². The Hall–Kier alpha value is -2.89. The number of nitrogens with one attached hydrogen (secondary N) is 1. The molecule has 2 rings (SSSR count). The molecule has 2 aromatic carbocycles. The van der Waals surface area contributed by atoms with Crippen molar-refractivity contribution >= 4 is 11.8 Å². The van der Waals surface area contributed by atoms with Gasteiger partial charge in [-0.15, -0.1) is 0 Å². The van der Waals surface area contributed by atoms with Crippen molar-refractivity contribution in [3.63, 3.8) is 0 Å². The fourth-order valence-corrected chi connectivity index (χ4v) is 3.11. The number of carbonyl (C=O) groups is 2. The predicted molar refractivity (Wildman–Crippen MR) is 111 cm³/mol. The van der Waals surface area contributed by atoms with Gasteiger partial charge in [-0.05, 0) is 55.7 Å². The standard InChI is InChI=1S/C23H29FN2O3/c1-5-21(23(28)25-16(2)3)26(15-18-8-12-20(29-4)13-9-18)22(27)14-17-6-10-19(24)11-7-17/h6-13,16,21H,5,14-15H2,1-4H3,(H,25,28). The third kappa shape index (κ3) is 6.59. The van der Waals surface area contributed by atoms with Crippen molar-refractivity contribution in [2.24, 2.45) is 0 Å². The summed E-state index contributed by atoms with van der Waals surface area (Å²) in [6, 6.07) is 12.6. The highest BCUT2D eigenvalue weighted by Gasteiger charge is 2.29. The van der Waals surface area contributed by atoms with Gasteiger partial charge in [-0.1, -0.05) is 31.2 Å². The van der Waals surface area contributed by atoms with Crippen molar-refractivity contribution in [3.8, 4) is 5.75 Å². The zero-order chi connectivity index (χ0) is 21.4. The van der Waals surface area contributed by atoms with Crippen LogP contribution in [0.15, 0.2) is 48.5 Å². The molecular weight excluding hydrogens is 371 g/mol. The molecule has 0 aromatic heterocycles. The predicted octanol–water partition coefficient (Wildman–Crippen LogP) is 3.71. The summed E-state index contributed by atoms with van der Waals surface area (Å²) < 4.78 is 18.4. The molecule has 0 bridgehead atoms. The lowest BCUT2D eigenvalue weighted by molar-refractivity contribution is -0.141. The van der Waals surface area contributed by atoms with Gasteiger partial charge in [0.25, 0.3) is 0 Å². The van der Waals surface area contributed by atoms with Gasteiger partial charge in [0.2, 0.25) is 11.8 Å². The van der Waals surface area contributed by atoms with Crippen LogP contribution in [0.25, 0.3) is 0 Å². The maximum atomic E-state index is 13.2. The summed E-state index contributed by atoms with van der Waals surface area (Å²) in [5.74, 6) is 0.0169. The Kier molecular flexibility index (Phi) is 8.19. The summed E-state index contributed by atoms with van der Waals surface area (Å²) in [6.07, 6.45) is 0.589. The first kappa shape index (κ1) is 22.4. The molecule has 0 saturated carbocycles. The molecule has 6 heteroatoms. The van der Waals surface area contributed by atoms with Gasteiger partial charge in [-0.2, -0.15) is 0 Å². The molecule has 2 amide bonds. The number of nitrogens with zero attached hydrogens (tertiary/aromatic N) is 1. The highest BCUT2D eigenvalue weighted by molar-refractivity contribution is 5.88. The molecule has 0 aliphatic heterocycles. The lowest BCUT2D eigenvalue weighted by atomic mass is 10.1. The molecule has 0 saturated heterocycles. The van der Waals surface area contributed by atoms with E-state index in [0.717, 1.165) is 11.3 Å². The minimum absolute atomic E-state index is 0.0217. The molecule has 29 heavy (non-hydrogen) atoms. The third-order valence-electron chi connectivity index (χ3n) is 4.60. The molecule has 1 unspecified atom stereocenters. The van der Waals surface area contributed by atoms with E-state index in [2.05, 4.69) is 5.32 Å². The van der Waals surface area contributed by atoms with Crippen LogP contribution in [0.4, 0.5) is 4.39 Å². The zero-order valence-electron chi connectivity index (χ0n) is 17.4. The molecule has 0 heterocycles. The minimum Gasteiger partial charge on any atom is -0.497 e. The first-order valence-corrected chi connectivity index (χ1v) is 9.81. The van der Waals surface area contributed by atoms with Crippen molar-refractivity contribution in [1.82, 2.24) is 10.2 Å². The van der Waals surface area contributed by atoms with Crippen LogP contribution >= 0.6 is 0 Å². The quantitative estimate of drug-likeness (QED) is 0.698. The van der Waals surface area contributed by atoms with Crippen molar-refractivity contribution < 1.29 is 18.7 Å². The number of hydrogen-bond acceptors (Lipinski definition) is 3. The van der Waals surface area contributed by atoms with E-state index in [4.69, 9.17) is 4.74 Å². The van der Waals surface area contributed by atoms with E-state index >= 15 is 0 Å². The number of amides is 2. The first-order chi connectivity index (χ1) is 13.8. The van der Waals surface area contributed by atoms with Gasteiger partial charge in [0, 0.05) is 12.6 Å². The fraction of sp³-hybridized carbons (Fsp3) is 0.391. The number of ether oxygens (including phenoxy) is 1. The topological polar surface area (TPSA) is 58.6 Å². The number of hydrogen-bond donors (Lipinski definition) is 1. The molecule has 0 radical (unpaired) electrons. The van der Waals surface area contributed by atoms with Crippen LogP contribution < -0.4 is 10.1 Å². The van der Waals surface area contributed by atoms with Gasteiger partial charge < -0.3 is 15.0 Å². The Morgan fingerprint density at radius 1 is 1.03 bits per heavy atom. The van der Waals surface area contributed by atoms with E-state index in [1.165, 1.54) is 12.1 Å². The molecule has 0 aliphatic carbocycles. The molecule has 1 N–H and O–H groups in total. The van der Waals surface area contributed by atoms with E-state index in [1.807, 2.05) is 45.0 Å². The molecular formula is C23H29FN2O3. The van der Waals surface area contributed by atoms with Crippen LogP contribution in [0, 0.1) is 5.82 Å². The number of methoxy groups -OCH3 is 1. The zero-order valence-corrected chi connectivity index (χ0v) is 17.4. The highest BCUT2D eigenvalue weighted by atomic mass is 19.1. The van der Waals surface area contributed by atoms with Gasteiger partial charge in [-0.25, -0.2) is 4.39 Å². The summed E-state index contributed by atoms with van der Waals surface area (Å²) in [6.45, 7) is 5.96. The molecule has 0 fully saturated rings. The maximum Gasteiger partial charge on any atom is 0.243 e. The first-order valence-electron chi connectivity index (χ1n) is 9.81. The average Bonchev–Trinajstić information content (AvgIpc) is 2.69. The lowest BCUT2D eigenvalue weighted by Crippen LogP contribution is -2.50. The SMILES string of the molecule is CCC(C(=O)NC(C)C)N(Cc1ccc(OC)cc1)C(=O)Cc1ccc(F)cc1. The Balaban J connectivity index is 2.27. The summed E-state index contributed by atoms with van der Waals surface area (Å²) in [5, 5.41) is 2.90. The monoisotopic (exact) mass is 400 g/mol. The second kappa shape index (κ2) is 10.6. The number of halogens is 1. The second-order valence-corrected chi connectivity index (χ2v) is 7.26. The normalized spacial score (nSPS) is 11.8. The van der Waals surface area contributed by atoms with Crippen LogP contribution in [0.2, 0.25) is 0 Å². The Bertz CT molecular complexity index is 804. The van der Waals surface area contributed by atoms with E-state index in [0.29, 0.717) is 18.5 Å².